The lowest BCUT2D eigenvalue weighted by atomic mass is 10.1. The highest BCUT2D eigenvalue weighted by molar-refractivity contribution is 6.77. The van der Waals surface area contributed by atoms with E-state index in [4.69, 9.17) is 34.8 Å². The number of carbonyl (C=O) groups excluding carboxylic acids is 1. The lowest BCUT2D eigenvalue weighted by Gasteiger charge is -2.07. The van der Waals surface area contributed by atoms with Crippen molar-refractivity contribution in [3.8, 4) is 11.5 Å². The van der Waals surface area contributed by atoms with E-state index in [-0.39, 0.29) is 17.1 Å². The lowest BCUT2D eigenvalue weighted by Crippen LogP contribution is -2.16. The minimum atomic E-state index is -2.17. The number of ketones is 1. The van der Waals surface area contributed by atoms with E-state index in [1.807, 2.05) is 0 Å². The van der Waals surface area contributed by atoms with Crippen molar-refractivity contribution in [2.45, 2.75) is 3.79 Å². The predicted octanol–water partition coefficient (Wildman–Crippen LogP) is 2.94. The van der Waals surface area contributed by atoms with Gasteiger partial charge in [0, 0.05) is 17.7 Å². The fraction of sp³-hybridized carbons (Fsp3) is 0.100. The highest BCUT2D eigenvalue weighted by Gasteiger charge is 2.29. The molecule has 0 aliphatic carbocycles. The first kappa shape index (κ1) is 14.0. The number of benzene rings is 1. The van der Waals surface area contributed by atoms with Crippen LogP contribution in [0.4, 0.5) is 0 Å². The molecule has 0 saturated carbocycles. The first-order chi connectivity index (χ1) is 7.70. The SMILES string of the molecule is O=C(C=C(O)c1cc(O)cc(O)c1)C(Cl)(Cl)Cl. The van der Waals surface area contributed by atoms with Crippen molar-refractivity contribution in [1.29, 1.82) is 0 Å². The van der Waals surface area contributed by atoms with Crippen LogP contribution in [0.2, 0.25) is 0 Å². The van der Waals surface area contributed by atoms with Crippen LogP contribution in [0.1, 0.15) is 5.56 Å². The van der Waals surface area contributed by atoms with Crippen LogP contribution < -0.4 is 0 Å². The van der Waals surface area contributed by atoms with Gasteiger partial charge < -0.3 is 15.3 Å². The predicted molar refractivity (Wildman–Crippen MR) is 65.7 cm³/mol. The Morgan fingerprint density at radius 3 is 2.00 bits per heavy atom. The summed E-state index contributed by atoms with van der Waals surface area (Å²) in [5, 5.41) is 27.9. The summed E-state index contributed by atoms with van der Waals surface area (Å²) >= 11 is 15.9. The third kappa shape index (κ3) is 4.00. The van der Waals surface area contributed by atoms with Crippen LogP contribution in [0.25, 0.3) is 5.76 Å². The number of alkyl halides is 3. The Kier molecular flexibility index (Phi) is 4.14. The summed E-state index contributed by atoms with van der Waals surface area (Å²) in [5.74, 6) is -2.03. The molecule has 0 unspecified atom stereocenters. The molecule has 4 nitrogen and oxygen atoms in total. The molecule has 0 saturated heterocycles. The van der Waals surface area contributed by atoms with Gasteiger partial charge >= 0.3 is 0 Å². The molecule has 1 aromatic rings. The first-order valence-corrected chi connectivity index (χ1v) is 5.39. The smallest absolute Gasteiger partial charge is 0.252 e. The van der Waals surface area contributed by atoms with Crippen LogP contribution in [0.5, 0.6) is 11.5 Å². The van der Waals surface area contributed by atoms with Crippen molar-refractivity contribution >= 4 is 46.3 Å². The molecule has 0 bridgehead atoms. The Labute approximate surface area is 112 Å². The number of phenols is 2. The number of hydrogen-bond donors (Lipinski definition) is 3. The van der Waals surface area contributed by atoms with Gasteiger partial charge in [-0.25, -0.2) is 0 Å². The van der Waals surface area contributed by atoms with Crippen LogP contribution in [-0.4, -0.2) is 24.9 Å². The van der Waals surface area contributed by atoms with E-state index >= 15 is 0 Å². The first-order valence-electron chi connectivity index (χ1n) is 4.25. The third-order valence-corrected chi connectivity index (χ3v) is 2.30. The van der Waals surface area contributed by atoms with Crippen LogP contribution in [-0.2, 0) is 4.79 Å². The molecule has 3 N–H and O–H groups in total. The van der Waals surface area contributed by atoms with Gasteiger partial charge in [0.1, 0.15) is 17.3 Å². The molecule has 92 valence electrons. The second kappa shape index (κ2) is 5.04. The molecule has 17 heavy (non-hydrogen) atoms. The number of hydrogen-bond acceptors (Lipinski definition) is 4. The Hall–Kier alpha value is -1.10. The second-order valence-electron chi connectivity index (χ2n) is 3.13. The van der Waals surface area contributed by atoms with E-state index in [0.29, 0.717) is 6.08 Å². The van der Waals surface area contributed by atoms with Crippen molar-refractivity contribution in [2.75, 3.05) is 0 Å². The zero-order valence-electron chi connectivity index (χ0n) is 8.19. The fourth-order valence-corrected chi connectivity index (χ4v) is 1.20. The molecule has 0 aromatic heterocycles. The Balaban J connectivity index is 3.08. The van der Waals surface area contributed by atoms with E-state index in [1.165, 1.54) is 0 Å². The largest absolute Gasteiger partial charge is 0.508 e. The number of aliphatic hydroxyl groups excluding tert-OH is 1. The van der Waals surface area contributed by atoms with Gasteiger partial charge in [0.05, 0.1) is 0 Å². The molecule has 7 heteroatoms. The summed E-state index contributed by atoms with van der Waals surface area (Å²) in [6, 6.07) is 3.34. The Morgan fingerprint density at radius 2 is 1.59 bits per heavy atom. The molecule has 0 atom stereocenters. The van der Waals surface area contributed by atoms with Gasteiger partial charge in [-0.2, -0.15) is 0 Å². The van der Waals surface area contributed by atoms with Gasteiger partial charge in [-0.3, -0.25) is 4.79 Å². The summed E-state index contributed by atoms with van der Waals surface area (Å²) < 4.78 is -2.17. The standard InChI is InChI=1S/C10H7Cl3O4/c11-10(12,13)9(17)4-8(16)5-1-6(14)3-7(15)2-5/h1-4,14-16H. The van der Waals surface area contributed by atoms with Crippen LogP contribution >= 0.6 is 34.8 Å². The van der Waals surface area contributed by atoms with Gasteiger partial charge in [-0.05, 0) is 12.1 Å². The van der Waals surface area contributed by atoms with Crippen molar-refractivity contribution in [2.24, 2.45) is 0 Å². The number of halogens is 3. The number of rotatable bonds is 2. The average molecular weight is 298 g/mol. The Bertz CT molecular complexity index is 457. The molecule has 0 fully saturated rings. The highest BCUT2D eigenvalue weighted by atomic mass is 35.6. The van der Waals surface area contributed by atoms with E-state index in [1.54, 1.807) is 0 Å². The molecule has 0 aliphatic rings. The van der Waals surface area contributed by atoms with Gasteiger partial charge in [-0.1, -0.05) is 34.8 Å². The van der Waals surface area contributed by atoms with Gasteiger partial charge in [0.25, 0.3) is 3.79 Å². The topological polar surface area (TPSA) is 77.8 Å². The molecule has 0 aliphatic heterocycles. The van der Waals surface area contributed by atoms with Crippen molar-refractivity contribution in [1.82, 2.24) is 0 Å². The summed E-state index contributed by atoms with van der Waals surface area (Å²) in [6.45, 7) is 0. The highest BCUT2D eigenvalue weighted by Crippen LogP contribution is 2.30. The quantitative estimate of drug-likeness (QED) is 0.445. The molecule has 0 heterocycles. The maximum Gasteiger partial charge on any atom is 0.252 e. The zero-order chi connectivity index (χ0) is 13.2. The monoisotopic (exact) mass is 296 g/mol. The van der Waals surface area contributed by atoms with Crippen LogP contribution in [0, 0.1) is 0 Å². The van der Waals surface area contributed by atoms with Crippen LogP contribution in [0.15, 0.2) is 24.3 Å². The van der Waals surface area contributed by atoms with E-state index < -0.39 is 15.3 Å². The normalized spacial score (nSPS) is 12.5. The molecule has 1 rings (SSSR count). The molecular weight excluding hydrogens is 290 g/mol. The minimum Gasteiger partial charge on any atom is -0.508 e. The zero-order valence-corrected chi connectivity index (χ0v) is 10.5. The van der Waals surface area contributed by atoms with Crippen molar-refractivity contribution < 1.29 is 20.1 Å². The van der Waals surface area contributed by atoms with Crippen LogP contribution in [0.3, 0.4) is 0 Å². The molecule has 0 spiro atoms. The summed E-state index contributed by atoms with van der Waals surface area (Å²) in [5.41, 5.74) is 0.0186. The van der Waals surface area contributed by atoms with Gasteiger partial charge in [0.2, 0.25) is 5.78 Å². The third-order valence-electron chi connectivity index (χ3n) is 1.75. The maximum atomic E-state index is 11.3. The lowest BCUT2D eigenvalue weighted by molar-refractivity contribution is -0.113. The molecular formula is C10H7Cl3O4. The number of aromatic hydroxyl groups is 2. The van der Waals surface area contributed by atoms with E-state index in [9.17, 15) is 20.1 Å². The minimum absolute atomic E-state index is 0.0186. The number of phenolic OH excluding ortho intramolecular Hbond substituents is 2. The molecule has 1 aromatic carbocycles. The Morgan fingerprint density at radius 1 is 1.12 bits per heavy atom. The van der Waals surface area contributed by atoms with E-state index in [2.05, 4.69) is 0 Å². The molecule has 0 amide bonds. The van der Waals surface area contributed by atoms with Gasteiger partial charge in [-0.15, -0.1) is 0 Å². The summed E-state index contributed by atoms with van der Waals surface area (Å²) in [7, 11) is 0. The van der Waals surface area contributed by atoms with E-state index in [0.717, 1.165) is 18.2 Å². The molecule has 0 radical (unpaired) electrons. The maximum absolute atomic E-state index is 11.3. The number of aliphatic hydroxyl groups is 1. The van der Waals surface area contributed by atoms with Crippen molar-refractivity contribution in [3.63, 3.8) is 0 Å². The average Bonchev–Trinajstić information content (AvgIpc) is 2.14. The van der Waals surface area contributed by atoms with Crippen molar-refractivity contribution in [3.05, 3.63) is 29.8 Å². The summed E-state index contributed by atoms with van der Waals surface area (Å²) in [6.07, 6.45) is 0.696. The fourth-order valence-electron chi connectivity index (χ4n) is 1.03. The summed E-state index contributed by atoms with van der Waals surface area (Å²) in [4.78, 5) is 11.3. The second-order valence-corrected chi connectivity index (χ2v) is 5.41. The number of allylic oxidation sites excluding steroid dienone is 1. The number of carbonyl (C=O) groups is 1. The van der Waals surface area contributed by atoms with Gasteiger partial charge in [0.15, 0.2) is 0 Å².